The maximum Gasteiger partial charge on any atom is 0.0644 e. The Kier molecular flexibility index (Phi) is 4.21. The number of alkyl halides is 1. The minimum Gasteiger partial charge on any atom is -0.0786 e. The van der Waals surface area contributed by atoms with E-state index in [1.165, 1.54) is 27.8 Å². The number of hydrogen-bond acceptors (Lipinski definition) is 0. The third kappa shape index (κ3) is 3.25. The second-order valence-electron chi connectivity index (χ2n) is 5.26. The third-order valence-electron chi connectivity index (χ3n) is 3.68. The van der Waals surface area contributed by atoms with Gasteiger partial charge in [-0.15, -0.1) is 0 Å². The number of rotatable bonds is 3. The highest BCUT2D eigenvalue weighted by molar-refractivity contribution is 9.09. The molecule has 0 radical (unpaired) electrons. The summed E-state index contributed by atoms with van der Waals surface area (Å²) in [6.07, 6.45) is 0. The summed E-state index contributed by atoms with van der Waals surface area (Å²) in [4.78, 5) is 0.239. The molecule has 0 saturated carbocycles. The van der Waals surface area contributed by atoms with E-state index in [2.05, 4.69) is 95.7 Å². The second-order valence-corrected chi connectivity index (χ2v) is 6.18. The van der Waals surface area contributed by atoms with Gasteiger partial charge in [0.25, 0.3) is 0 Å². The van der Waals surface area contributed by atoms with Crippen LogP contribution < -0.4 is 0 Å². The average Bonchev–Trinajstić information content (AvgIpc) is 2.56. The van der Waals surface area contributed by atoms with Crippen LogP contribution >= 0.6 is 15.9 Å². The standard InChI is InChI=1S/C20H17Br/c1-15-7-9-18(10-8-15)20(21)19-13-11-17(12-14-19)16-5-3-2-4-6-16/h2-14,20H,1H3. The molecular formula is C20H17Br. The van der Waals surface area contributed by atoms with Gasteiger partial charge in [0.2, 0.25) is 0 Å². The number of aryl methyl sites for hydroxylation is 1. The molecule has 0 aliphatic heterocycles. The number of benzene rings is 3. The zero-order valence-corrected chi connectivity index (χ0v) is 13.5. The van der Waals surface area contributed by atoms with Gasteiger partial charge >= 0.3 is 0 Å². The molecule has 0 fully saturated rings. The van der Waals surface area contributed by atoms with Gasteiger partial charge in [0.15, 0.2) is 0 Å². The van der Waals surface area contributed by atoms with Gasteiger partial charge in [-0.05, 0) is 29.2 Å². The molecule has 0 amide bonds. The zero-order valence-electron chi connectivity index (χ0n) is 12.0. The maximum absolute atomic E-state index is 3.80. The fraction of sp³-hybridized carbons (Fsp3) is 0.100. The molecule has 0 aliphatic carbocycles. The van der Waals surface area contributed by atoms with E-state index in [1.807, 2.05) is 6.07 Å². The fourth-order valence-electron chi connectivity index (χ4n) is 2.40. The molecular weight excluding hydrogens is 320 g/mol. The van der Waals surface area contributed by atoms with Crippen molar-refractivity contribution in [3.8, 4) is 11.1 Å². The Labute approximate surface area is 134 Å². The summed E-state index contributed by atoms with van der Waals surface area (Å²) < 4.78 is 0. The van der Waals surface area contributed by atoms with E-state index < -0.39 is 0 Å². The van der Waals surface area contributed by atoms with Crippen molar-refractivity contribution in [2.45, 2.75) is 11.8 Å². The molecule has 0 N–H and O–H groups in total. The molecule has 0 heterocycles. The Balaban J connectivity index is 1.85. The third-order valence-corrected chi connectivity index (χ3v) is 4.74. The lowest BCUT2D eigenvalue weighted by atomic mass is 10.00. The Morgan fingerprint density at radius 1 is 0.619 bits per heavy atom. The van der Waals surface area contributed by atoms with E-state index >= 15 is 0 Å². The molecule has 104 valence electrons. The summed E-state index contributed by atoms with van der Waals surface area (Å²) in [7, 11) is 0. The van der Waals surface area contributed by atoms with E-state index in [0.717, 1.165) is 0 Å². The summed E-state index contributed by atoms with van der Waals surface area (Å²) in [5, 5.41) is 0. The van der Waals surface area contributed by atoms with Crippen LogP contribution in [-0.4, -0.2) is 0 Å². The molecule has 0 bridgehead atoms. The molecule has 3 rings (SSSR count). The van der Waals surface area contributed by atoms with Crippen molar-refractivity contribution in [1.82, 2.24) is 0 Å². The summed E-state index contributed by atoms with van der Waals surface area (Å²) in [6, 6.07) is 27.9. The molecule has 0 aliphatic rings. The molecule has 0 nitrogen and oxygen atoms in total. The topological polar surface area (TPSA) is 0 Å². The SMILES string of the molecule is Cc1ccc(C(Br)c2ccc(-c3ccccc3)cc2)cc1. The van der Waals surface area contributed by atoms with Gasteiger partial charge < -0.3 is 0 Å². The first-order chi connectivity index (χ1) is 10.2. The Bertz CT molecular complexity index is 697. The fourth-order valence-corrected chi connectivity index (χ4v) is 3.01. The lowest BCUT2D eigenvalue weighted by Gasteiger charge is -2.12. The second kappa shape index (κ2) is 6.28. The van der Waals surface area contributed by atoms with E-state index in [0.29, 0.717) is 0 Å². The van der Waals surface area contributed by atoms with Gasteiger partial charge in [-0.1, -0.05) is 100 Å². The Morgan fingerprint density at radius 2 is 1.10 bits per heavy atom. The normalized spacial score (nSPS) is 12.1. The Hall–Kier alpha value is -1.86. The van der Waals surface area contributed by atoms with E-state index in [4.69, 9.17) is 0 Å². The minimum atomic E-state index is 0.239. The van der Waals surface area contributed by atoms with Crippen molar-refractivity contribution in [2.24, 2.45) is 0 Å². The molecule has 3 aromatic rings. The summed E-state index contributed by atoms with van der Waals surface area (Å²) in [5.41, 5.74) is 6.36. The van der Waals surface area contributed by atoms with Gasteiger partial charge in [0.05, 0.1) is 4.83 Å². The Morgan fingerprint density at radius 3 is 1.67 bits per heavy atom. The molecule has 0 spiro atoms. The van der Waals surface area contributed by atoms with Crippen LogP contribution in [0.5, 0.6) is 0 Å². The first-order valence-corrected chi connectivity index (χ1v) is 8.01. The van der Waals surface area contributed by atoms with Crippen LogP contribution in [0.25, 0.3) is 11.1 Å². The summed E-state index contributed by atoms with van der Waals surface area (Å²) in [6.45, 7) is 2.11. The highest BCUT2D eigenvalue weighted by Crippen LogP contribution is 2.32. The van der Waals surface area contributed by atoms with Crippen LogP contribution in [0.4, 0.5) is 0 Å². The number of hydrogen-bond donors (Lipinski definition) is 0. The summed E-state index contributed by atoms with van der Waals surface area (Å²) in [5.74, 6) is 0. The van der Waals surface area contributed by atoms with Crippen LogP contribution in [0.15, 0.2) is 78.9 Å². The van der Waals surface area contributed by atoms with Gasteiger partial charge in [-0.3, -0.25) is 0 Å². The van der Waals surface area contributed by atoms with Crippen molar-refractivity contribution in [3.05, 3.63) is 95.6 Å². The van der Waals surface area contributed by atoms with E-state index in [9.17, 15) is 0 Å². The molecule has 1 heteroatoms. The lowest BCUT2D eigenvalue weighted by molar-refractivity contribution is 1.17. The molecule has 0 aromatic heterocycles. The largest absolute Gasteiger partial charge is 0.0786 e. The van der Waals surface area contributed by atoms with Crippen LogP contribution in [0.2, 0.25) is 0 Å². The van der Waals surface area contributed by atoms with Crippen LogP contribution in [0.3, 0.4) is 0 Å². The van der Waals surface area contributed by atoms with Crippen molar-refractivity contribution in [1.29, 1.82) is 0 Å². The first-order valence-electron chi connectivity index (χ1n) is 7.10. The quantitative estimate of drug-likeness (QED) is 0.503. The van der Waals surface area contributed by atoms with Crippen LogP contribution in [0.1, 0.15) is 21.5 Å². The van der Waals surface area contributed by atoms with E-state index in [-0.39, 0.29) is 4.83 Å². The van der Waals surface area contributed by atoms with Gasteiger partial charge in [-0.2, -0.15) is 0 Å². The highest BCUT2D eigenvalue weighted by Gasteiger charge is 2.10. The van der Waals surface area contributed by atoms with Gasteiger partial charge in [0.1, 0.15) is 0 Å². The summed E-state index contributed by atoms with van der Waals surface area (Å²) >= 11 is 3.80. The van der Waals surface area contributed by atoms with Crippen LogP contribution in [-0.2, 0) is 0 Å². The molecule has 21 heavy (non-hydrogen) atoms. The maximum atomic E-state index is 3.80. The van der Waals surface area contributed by atoms with E-state index in [1.54, 1.807) is 0 Å². The zero-order chi connectivity index (χ0) is 14.7. The van der Waals surface area contributed by atoms with Crippen molar-refractivity contribution < 1.29 is 0 Å². The molecule has 0 saturated heterocycles. The monoisotopic (exact) mass is 336 g/mol. The molecule has 1 unspecified atom stereocenters. The lowest BCUT2D eigenvalue weighted by Crippen LogP contribution is -1.92. The van der Waals surface area contributed by atoms with Crippen molar-refractivity contribution >= 4 is 15.9 Å². The number of halogens is 1. The van der Waals surface area contributed by atoms with Crippen LogP contribution in [0, 0.1) is 6.92 Å². The average molecular weight is 337 g/mol. The molecule has 3 aromatic carbocycles. The predicted octanol–water partition coefficient (Wildman–Crippen LogP) is 6.15. The predicted molar refractivity (Wildman–Crippen MR) is 93.8 cm³/mol. The van der Waals surface area contributed by atoms with Gasteiger partial charge in [-0.25, -0.2) is 0 Å². The highest BCUT2D eigenvalue weighted by atomic mass is 79.9. The van der Waals surface area contributed by atoms with Gasteiger partial charge in [0, 0.05) is 0 Å². The first kappa shape index (κ1) is 14.1. The van der Waals surface area contributed by atoms with Crippen molar-refractivity contribution in [3.63, 3.8) is 0 Å². The molecule has 1 atom stereocenters. The van der Waals surface area contributed by atoms with Crippen molar-refractivity contribution in [2.75, 3.05) is 0 Å². The smallest absolute Gasteiger partial charge is 0.0644 e. The minimum absolute atomic E-state index is 0.239.